The highest BCUT2D eigenvalue weighted by molar-refractivity contribution is 7.27. The quantitative estimate of drug-likeness (QED) is 0.138. The minimum atomic E-state index is 1.16. The number of thiophene rings is 3. The number of hydrogen-bond donors (Lipinski definition) is 0. The molecule has 0 aliphatic rings. The molecule has 31 aromatic rings. The molecule has 22 aromatic carbocycles. The largest absolute Gasteiger partial charge is 0.307 e. The molecule has 0 aliphatic carbocycles. The molecule has 0 unspecified atom stereocenters. The van der Waals surface area contributed by atoms with Crippen LogP contribution in [0.25, 0.3) is 270 Å². The molecule has 9 heteroatoms. The first-order valence-corrected chi connectivity index (χ1v) is 50.0. The number of hydrogen-bond acceptors (Lipinski definition) is 3. The summed E-state index contributed by atoms with van der Waals surface area (Å²) in [5.74, 6) is 0. The molecule has 31 rings (SSSR count). The van der Waals surface area contributed by atoms with E-state index in [0.29, 0.717) is 0 Å². The van der Waals surface area contributed by atoms with Gasteiger partial charge in [-0.05, 0) is 184 Å². The molecule has 0 aliphatic heterocycles. The molecule has 0 saturated carbocycles. The molecule has 9 aromatic heterocycles. The SMILES string of the molecule is c1ccc(-n2c3ccccc3c3ccc4c5ccccc5n(-c5ccc(-c6ccc7sc8ccccc8c7c6)c6ccccc56)c4c32)cc1.c1ccc(-n2c3ccccc3c3ccc4c5ccccc5n(-c5ccc(-c6ccc7sc8ccccc8c7c6)cc5)c4c32)cc1.c1ccc(-n2c3ccccc3c3ccc4c5ccccc5n(-c5ccc(-c6cccc7c6sc6ccccc67)cc5)c4c32)cc1. The summed E-state index contributed by atoms with van der Waals surface area (Å²) in [4.78, 5) is 0. The lowest BCUT2D eigenvalue weighted by Gasteiger charge is -2.16. The number of para-hydroxylation sites is 9. The van der Waals surface area contributed by atoms with Gasteiger partial charge in [-0.3, -0.25) is 0 Å². The summed E-state index contributed by atoms with van der Waals surface area (Å²) in [7, 11) is 0. The van der Waals surface area contributed by atoms with Crippen LogP contribution in [0.2, 0.25) is 0 Å². The lowest BCUT2D eigenvalue weighted by atomic mass is 9.96. The first-order chi connectivity index (χ1) is 69.0. The van der Waals surface area contributed by atoms with Crippen molar-refractivity contribution in [3.8, 4) is 67.5 Å². The summed E-state index contributed by atoms with van der Waals surface area (Å²) in [6, 6.07) is 178. The van der Waals surface area contributed by atoms with Crippen LogP contribution in [0.3, 0.4) is 0 Å². The van der Waals surface area contributed by atoms with Crippen molar-refractivity contribution in [3.63, 3.8) is 0 Å². The zero-order valence-corrected chi connectivity index (χ0v) is 77.5. The fourth-order valence-electron chi connectivity index (χ4n) is 22.9. The minimum absolute atomic E-state index is 1.16. The second kappa shape index (κ2) is 31.6. The van der Waals surface area contributed by atoms with E-state index in [1.54, 1.807) is 0 Å². The van der Waals surface area contributed by atoms with Gasteiger partial charge >= 0.3 is 0 Å². The Morgan fingerprint density at radius 3 is 0.799 bits per heavy atom. The maximum absolute atomic E-state index is 2.52. The summed E-state index contributed by atoms with van der Waals surface area (Å²) < 4.78 is 22.8. The van der Waals surface area contributed by atoms with Crippen molar-refractivity contribution < 1.29 is 0 Å². The van der Waals surface area contributed by atoms with Gasteiger partial charge in [-0.2, -0.15) is 0 Å². The molecule has 139 heavy (non-hydrogen) atoms. The molecule has 0 amide bonds. The van der Waals surface area contributed by atoms with Crippen molar-refractivity contribution in [2.24, 2.45) is 0 Å². The number of nitrogens with zero attached hydrogens (tertiary/aromatic N) is 6. The van der Waals surface area contributed by atoms with Crippen molar-refractivity contribution >= 4 is 236 Å². The van der Waals surface area contributed by atoms with Crippen LogP contribution in [0, 0.1) is 0 Å². The second-order valence-electron chi connectivity index (χ2n) is 36.4. The van der Waals surface area contributed by atoms with Gasteiger partial charge in [0.05, 0.1) is 71.9 Å². The van der Waals surface area contributed by atoms with E-state index in [1.807, 2.05) is 34.0 Å². The van der Waals surface area contributed by atoms with Crippen molar-refractivity contribution in [2.45, 2.75) is 0 Å². The van der Waals surface area contributed by atoms with Crippen LogP contribution < -0.4 is 0 Å². The number of rotatable bonds is 9. The Kier molecular flexibility index (Phi) is 18.0. The Bertz CT molecular complexity index is 10500. The molecule has 0 spiro atoms. The van der Waals surface area contributed by atoms with Crippen molar-refractivity contribution in [2.75, 3.05) is 0 Å². The Morgan fingerprint density at radius 2 is 0.403 bits per heavy atom. The van der Waals surface area contributed by atoms with Crippen LogP contribution in [-0.4, -0.2) is 27.4 Å². The smallest absolute Gasteiger partial charge is 0.0789 e. The Balaban J connectivity index is 0.000000100. The van der Waals surface area contributed by atoms with Crippen LogP contribution >= 0.6 is 34.0 Å². The fraction of sp³-hybridized carbons (Fsp3) is 0. The molecule has 0 fully saturated rings. The molecule has 0 bridgehead atoms. The number of benzene rings is 22. The van der Waals surface area contributed by atoms with E-state index in [4.69, 9.17) is 0 Å². The van der Waals surface area contributed by atoms with Gasteiger partial charge in [-0.25, -0.2) is 0 Å². The molecular formula is C130H80N6S3. The van der Waals surface area contributed by atoms with Gasteiger partial charge in [0.15, 0.2) is 0 Å². The fourth-order valence-corrected chi connectivity index (χ4v) is 26.3. The highest BCUT2D eigenvalue weighted by Crippen LogP contribution is 2.50. The first kappa shape index (κ1) is 79.0. The molecule has 6 nitrogen and oxygen atoms in total. The van der Waals surface area contributed by atoms with E-state index in [9.17, 15) is 0 Å². The average molecular weight is 1820 g/mol. The Hall–Kier alpha value is -17.4. The van der Waals surface area contributed by atoms with Crippen LogP contribution in [0.1, 0.15) is 0 Å². The number of aromatic nitrogens is 6. The van der Waals surface area contributed by atoms with Gasteiger partial charge in [-0.15, -0.1) is 34.0 Å². The Labute approximate surface area is 809 Å². The van der Waals surface area contributed by atoms with Crippen molar-refractivity contribution in [1.29, 1.82) is 0 Å². The van der Waals surface area contributed by atoms with Crippen LogP contribution in [0.15, 0.2) is 485 Å². The molecular weight excluding hydrogens is 1740 g/mol. The van der Waals surface area contributed by atoms with Gasteiger partial charge in [0.1, 0.15) is 0 Å². The van der Waals surface area contributed by atoms with Gasteiger partial charge in [0.2, 0.25) is 0 Å². The third kappa shape index (κ3) is 12.2. The van der Waals surface area contributed by atoms with Crippen LogP contribution in [0.4, 0.5) is 0 Å². The number of fused-ring (bicyclic) bond motifs is 31. The van der Waals surface area contributed by atoms with E-state index in [1.165, 1.54) is 253 Å². The standard InChI is InChI=1S/C46H28N2S.2C42H26N2S/c1-2-12-30(13-3-1)47-40-19-9-6-16-34(40)37-23-24-38-35-17-7-10-20-41(35)48(46(38)45(37)47)42-26-25-31(32-14-4-5-15-33(32)42)29-22-27-44-39(28-29)36-18-8-11-21-43(36)49-44;1-2-11-28(12-3-1)43-37-18-7-4-13-31(37)34-25-26-35-32-14-5-8-19-38(32)44(41(35)40(34)43)29-23-21-27(22-24-29)30-16-10-17-36-33-15-6-9-20-39(33)45-42(30)36;1-2-10-29(11-3-1)43-37-15-7-4-12-31(37)34-23-24-35-32-13-5-8-16-38(32)44(42(35)41(34)43)30-21-18-27(19-22-30)28-20-25-40-36(26-28)33-14-6-9-17-39(33)45-40/h1-28H;2*1-26H. The first-order valence-electron chi connectivity index (χ1n) is 47.5. The minimum Gasteiger partial charge on any atom is -0.307 e. The van der Waals surface area contributed by atoms with Crippen molar-refractivity contribution in [1.82, 2.24) is 27.4 Å². The third-order valence-corrected chi connectivity index (χ3v) is 32.5. The van der Waals surface area contributed by atoms with Crippen LogP contribution in [0.5, 0.6) is 0 Å². The molecule has 648 valence electrons. The topological polar surface area (TPSA) is 29.6 Å². The summed E-state index contributed by atoms with van der Waals surface area (Å²) in [5, 5.41) is 25.6. The summed E-state index contributed by atoms with van der Waals surface area (Å²) >= 11 is 5.62. The zero-order valence-electron chi connectivity index (χ0n) is 75.1. The maximum atomic E-state index is 2.52. The monoisotopic (exact) mass is 1820 g/mol. The van der Waals surface area contributed by atoms with E-state index >= 15 is 0 Å². The highest BCUT2D eigenvalue weighted by Gasteiger charge is 2.28. The van der Waals surface area contributed by atoms with Crippen LogP contribution in [-0.2, 0) is 0 Å². The van der Waals surface area contributed by atoms with Gasteiger partial charge < -0.3 is 27.4 Å². The normalized spacial score (nSPS) is 12.0. The zero-order chi connectivity index (χ0) is 91.0. The van der Waals surface area contributed by atoms with Crippen molar-refractivity contribution in [3.05, 3.63) is 485 Å². The summed E-state index contributed by atoms with van der Waals surface area (Å²) in [5.41, 5.74) is 29.1. The molecule has 0 saturated heterocycles. The lowest BCUT2D eigenvalue weighted by Crippen LogP contribution is -1.99. The predicted molar refractivity (Wildman–Crippen MR) is 598 cm³/mol. The molecule has 0 atom stereocenters. The summed E-state index contributed by atoms with van der Waals surface area (Å²) in [6.07, 6.45) is 0. The second-order valence-corrected chi connectivity index (χ2v) is 39.6. The van der Waals surface area contributed by atoms with Gasteiger partial charge in [0.25, 0.3) is 0 Å². The van der Waals surface area contributed by atoms with Gasteiger partial charge in [-0.1, -0.05) is 340 Å². The molecule has 0 N–H and O–H groups in total. The summed E-state index contributed by atoms with van der Waals surface area (Å²) in [6.45, 7) is 0. The predicted octanol–water partition coefficient (Wildman–Crippen LogP) is 36.9. The molecule has 9 heterocycles. The Morgan fingerprint density at radius 1 is 0.129 bits per heavy atom. The third-order valence-electron chi connectivity index (χ3n) is 29.0. The van der Waals surface area contributed by atoms with E-state index in [2.05, 4.69) is 513 Å². The average Bonchev–Trinajstić information content (AvgIpc) is 1.55. The highest BCUT2D eigenvalue weighted by atomic mass is 32.1. The van der Waals surface area contributed by atoms with Gasteiger partial charge in [0, 0.05) is 159 Å². The van der Waals surface area contributed by atoms with E-state index in [-0.39, 0.29) is 0 Å². The lowest BCUT2D eigenvalue weighted by molar-refractivity contribution is 1.15. The van der Waals surface area contributed by atoms with E-state index < -0.39 is 0 Å². The maximum Gasteiger partial charge on any atom is 0.0789 e. The molecule has 0 radical (unpaired) electrons. The van der Waals surface area contributed by atoms with E-state index in [0.717, 1.165) is 17.1 Å².